The molecule has 1 aromatic rings. The van der Waals surface area contributed by atoms with Gasteiger partial charge in [0, 0.05) is 0 Å². The lowest BCUT2D eigenvalue weighted by Crippen LogP contribution is -2.51. The van der Waals surface area contributed by atoms with Crippen LogP contribution in [0.15, 0.2) is 35.5 Å². The predicted molar refractivity (Wildman–Crippen MR) is 102 cm³/mol. The third kappa shape index (κ3) is 5.73. The number of ether oxygens (including phenoxy) is 3. The van der Waals surface area contributed by atoms with Crippen molar-refractivity contribution in [2.45, 2.75) is 39.7 Å². The van der Waals surface area contributed by atoms with Crippen LogP contribution in [0.3, 0.4) is 0 Å². The highest BCUT2D eigenvalue weighted by Crippen LogP contribution is 2.18. The zero-order valence-corrected chi connectivity index (χ0v) is 16.4. The van der Waals surface area contributed by atoms with Gasteiger partial charge in [-0.15, -0.1) is 0 Å². The monoisotopic (exact) mass is 390 g/mol. The molecule has 0 unspecified atom stereocenters. The summed E-state index contributed by atoms with van der Waals surface area (Å²) in [6.07, 6.45) is 0.545. The van der Waals surface area contributed by atoms with Crippen molar-refractivity contribution in [1.82, 2.24) is 10.6 Å². The van der Waals surface area contributed by atoms with E-state index in [4.69, 9.17) is 14.2 Å². The Morgan fingerprint density at radius 1 is 1.14 bits per heavy atom. The van der Waals surface area contributed by atoms with Crippen molar-refractivity contribution in [1.29, 1.82) is 0 Å². The molecule has 2 amide bonds. The van der Waals surface area contributed by atoms with Crippen LogP contribution in [0.4, 0.5) is 4.79 Å². The van der Waals surface area contributed by atoms with E-state index in [0.29, 0.717) is 12.2 Å². The molecule has 1 aliphatic heterocycles. The van der Waals surface area contributed by atoms with Gasteiger partial charge >= 0.3 is 18.0 Å². The molecule has 0 fully saturated rings. The lowest BCUT2D eigenvalue weighted by molar-refractivity contribution is -0.144. The Labute approximate surface area is 164 Å². The van der Waals surface area contributed by atoms with Crippen LogP contribution in [0.25, 0.3) is 0 Å². The van der Waals surface area contributed by atoms with Crippen molar-refractivity contribution in [3.8, 4) is 5.75 Å². The highest BCUT2D eigenvalue weighted by atomic mass is 16.5. The molecule has 8 nitrogen and oxygen atoms in total. The number of benzene rings is 1. The molecule has 1 aromatic carbocycles. The largest absolute Gasteiger partial charge is 0.493 e. The molecule has 2 N–H and O–H groups in total. The lowest BCUT2D eigenvalue weighted by atomic mass is 10.0. The van der Waals surface area contributed by atoms with Crippen molar-refractivity contribution < 1.29 is 28.6 Å². The van der Waals surface area contributed by atoms with Gasteiger partial charge in [0.25, 0.3) is 0 Å². The molecule has 0 saturated heterocycles. The molecule has 0 aliphatic carbocycles. The number of hydrogen-bond acceptors (Lipinski definition) is 6. The van der Waals surface area contributed by atoms with Crippen LogP contribution < -0.4 is 15.4 Å². The smallest absolute Gasteiger partial charge is 0.338 e. The molecule has 1 heterocycles. The molecular weight excluding hydrogens is 364 g/mol. The summed E-state index contributed by atoms with van der Waals surface area (Å²) in [5.41, 5.74) is 1.48. The average molecular weight is 390 g/mol. The molecule has 0 saturated carbocycles. The quantitative estimate of drug-likeness (QED) is 0.627. The van der Waals surface area contributed by atoms with Crippen molar-refractivity contribution in [3.63, 3.8) is 0 Å². The maximum atomic E-state index is 12.3. The van der Waals surface area contributed by atoms with Crippen LogP contribution in [0.1, 0.15) is 32.3 Å². The molecule has 0 bridgehead atoms. The fourth-order valence-corrected chi connectivity index (χ4v) is 2.76. The first-order chi connectivity index (χ1) is 13.5. The van der Waals surface area contributed by atoms with Gasteiger partial charge in [-0.1, -0.05) is 25.1 Å². The Balaban J connectivity index is 1.95. The molecule has 28 heavy (non-hydrogen) atoms. The van der Waals surface area contributed by atoms with Gasteiger partial charge in [0.1, 0.15) is 12.4 Å². The number of amides is 2. The first-order valence-electron chi connectivity index (χ1n) is 9.28. The van der Waals surface area contributed by atoms with Gasteiger partial charge in [-0.25, -0.2) is 9.59 Å². The van der Waals surface area contributed by atoms with Crippen LogP contribution in [-0.4, -0.2) is 43.8 Å². The summed E-state index contributed by atoms with van der Waals surface area (Å²) in [5.74, 6) is -0.333. The number of nitrogens with one attached hydrogen (secondary N) is 2. The van der Waals surface area contributed by atoms with Gasteiger partial charge in [0.2, 0.25) is 0 Å². The van der Waals surface area contributed by atoms with Crippen LogP contribution >= 0.6 is 0 Å². The molecule has 1 atom stereocenters. The lowest BCUT2D eigenvalue weighted by Gasteiger charge is -2.28. The molecule has 1 aliphatic rings. The zero-order valence-electron chi connectivity index (χ0n) is 16.4. The molecular formula is C20H26N2O6. The molecule has 8 heteroatoms. The van der Waals surface area contributed by atoms with Gasteiger partial charge in [-0.3, -0.25) is 4.79 Å². The average Bonchev–Trinajstić information content (AvgIpc) is 2.67. The summed E-state index contributed by atoms with van der Waals surface area (Å²) in [5, 5.41) is 5.20. The van der Waals surface area contributed by atoms with Crippen molar-refractivity contribution >= 4 is 18.0 Å². The minimum absolute atomic E-state index is 0.0414. The van der Waals surface area contributed by atoms with Crippen molar-refractivity contribution in [3.05, 3.63) is 41.1 Å². The number of carbonyl (C=O) groups excluding carboxylic acids is 3. The maximum Gasteiger partial charge on any atom is 0.338 e. The Morgan fingerprint density at radius 2 is 1.89 bits per heavy atom. The van der Waals surface area contributed by atoms with E-state index >= 15 is 0 Å². The van der Waals surface area contributed by atoms with Gasteiger partial charge in [0.05, 0.1) is 36.9 Å². The molecule has 0 radical (unpaired) electrons. The Bertz CT molecular complexity index is 759. The van der Waals surface area contributed by atoms with Gasteiger partial charge < -0.3 is 24.8 Å². The summed E-state index contributed by atoms with van der Waals surface area (Å²) in [6.45, 7) is 5.60. The first kappa shape index (κ1) is 21.3. The summed E-state index contributed by atoms with van der Waals surface area (Å²) >= 11 is 0. The second kappa shape index (κ2) is 10.3. The van der Waals surface area contributed by atoms with Gasteiger partial charge in [-0.2, -0.15) is 0 Å². The van der Waals surface area contributed by atoms with E-state index in [0.717, 1.165) is 5.56 Å². The highest BCUT2D eigenvalue weighted by molar-refractivity contribution is 5.94. The zero-order chi connectivity index (χ0) is 20.5. The number of carbonyl (C=O) groups is 3. The second-order valence-corrected chi connectivity index (χ2v) is 6.20. The van der Waals surface area contributed by atoms with Crippen molar-refractivity contribution in [2.75, 3.05) is 19.8 Å². The van der Waals surface area contributed by atoms with Crippen LogP contribution in [0.5, 0.6) is 5.75 Å². The molecule has 152 valence electrons. The molecule has 0 spiro atoms. The van der Waals surface area contributed by atoms with E-state index in [-0.39, 0.29) is 37.5 Å². The number of para-hydroxylation sites is 1. The van der Waals surface area contributed by atoms with E-state index in [1.807, 2.05) is 38.1 Å². The van der Waals surface area contributed by atoms with Gasteiger partial charge in [0.15, 0.2) is 0 Å². The summed E-state index contributed by atoms with van der Waals surface area (Å²) in [6, 6.07) is 6.56. The predicted octanol–water partition coefficient (Wildman–Crippen LogP) is 2.22. The summed E-state index contributed by atoms with van der Waals surface area (Å²) < 4.78 is 15.9. The first-order valence-corrected chi connectivity index (χ1v) is 9.28. The number of esters is 2. The SMILES string of the molecule is CCOC(=O)C1=C(COC(=O)CCOc2ccccc2C)NC(=O)N[C@@H]1CC. The number of aryl methyl sites for hydroxylation is 1. The van der Waals surface area contributed by atoms with E-state index < -0.39 is 24.0 Å². The van der Waals surface area contributed by atoms with E-state index in [1.165, 1.54) is 0 Å². The summed E-state index contributed by atoms with van der Waals surface area (Å²) in [7, 11) is 0. The summed E-state index contributed by atoms with van der Waals surface area (Å²) in [4.78, 5) is 36.1. The second-order valence-electron chi connectivity index (χ2n) is 6.20. The molecule has 2 rings (SSSR count). The number of urea groups is 1. The normalized spacial score (nSPS) is 16.1. The molecule has 0 aromatic heterocycles. The minimum atomic E-state index is -0.546. The Morgan fingerprint density at radius 3 is 2.57 bits per heavy atom. The number of rotatable bonds is 9. The Hall–Kier alpha value is -3.03. The van der Waals surface area contributed by atoms with Gasteiger partial charge in [-0.05, 0) is 31.9 Å². The highest BCUT2D eigenvalue weighted by Gasteiger charge is 2.31. The fourth-order valence-electron chi connectivity index (χ4n) is 2.76. The van der Waals surface area contributed by atoms with E-state index in [9.17, 15) is 14.4 Å². The third-order valence-corrected chi connectivity index (χ3v) is 4.18. The van der Waals surface area contributed by atoms with E-state index in [2.05, 4.69) is 10.6 Å². The standard InChI is InChI=1S/C20H26N2O6/c1-4-14-18(19(24)26-5-2)15(22-20(25)21-14)12-28-17(23)10-11-27-16-9-7-6-8-13(16)3/h6-9,14H,4-5,10-12H2,1-3H3,(H2,21,22,25)/t14-/m1/s1. The minimum Gasteiger partial charge on any atom is -0.493 e. The van der Waals surface area contributed by atoms with E-state index in [1.54, 1.807) is 6.92 Å². The fraction of sp³-hybridized carbons (Fsp3) is 0.450. The number of hydrogen-bond donors (Lipinski definition) is 2. The van der Waals surface area contributed by atoms with Crippen molar-refractivity contribution in [2.24, 2.45) is 0 Å². The Kier molecular flexibility index (Phi) is 7.86. The maximum absolute atomic E-state index is 12.3. The van der Waals surface area contributed by atoms with Crippen LogP contribution in [0.2, 0.25) is 0 Å². The topological polar surface area (TPSA) is 103 Å². The van der Waals surface area contributed by atoms with Crippen LogP contribution in [0, 0.1) is 6.92 Å². The van der Waals surface area contributed by atoms with Crippen LogP contribution in [-0.2, 0) is 19.1 Å². The third-order valence-electron chi connectivity index (χ3n) is 4.18.